The van der Waals surface area contributed by atoms with Crippen LogP contribution in [0.2, 0.25) is 0 Å². The number of furan rings is 1. The number of hydrogen-bond donors (Lipinski definition) is 0. The second-order valence-electron chi connectivity index (χ2n) is 8.68. The van der Waals surface area contributed by atoms with Crippen molar-refractivity contribution in [3.8, 4) is 11.4 Å². The van der Waals surface area contributed by atoms with Crippen LogP contribution in [-0.4, -0.2) is 18.6 Å². The van der Waals surface area contributed by atoms with Gasteiger partial charge in [0.15, 0.2) is 0 Å². The monoisotopic (exact) mass is 390 g/mol. The average molecular weight is 390 g/mol. The van der Waals surface area contributed by atoms with E-state index in [9.17, 15) is 0 Å². The van der Waals surface area contributed by atoms with E-state index >= 15 is 0 Å². The van der Waals surface area contributed by atoms with Crippen LogP contribution < -0.4 is 14.8 Å². The summed E-state index contributed by atoms with van der Waals surface area (Å²) in [4.78, 5) is 2.46. The SMILES string of the molecule is Cc1cccc(C)c1B1N(C)c2c3c(cc4oc5ccccc5c24)Cn2cc[n+]1c2-3. The van der Waals surface area contributed by atoms with Gasteiger partial charge in [0.2, 0.25) is 0 Å². The van der Waals surface area contributed by atoms with E-state index in [4.69, 9.17) is 4.42 Å². The van der Waals surface area contributed by atoms with E-state index in [1.165, 1.54) is 50.0 Å². The Labute approximate surface area is 175 Å². The summed E-state index contributed by atoms with van der Waals surface area (Å²) in [5, 5.41) is 2.42. The minimum atomic E-state index is 0.111. The third-order valence-electron chi connectivity index (χ3n) is 6.99. The van der Waals surface area contributed by atoms with Gasteiger partial charge in [-0.05, 0) is 44.2 Å². The van der Waals surface area contributed by atoms with Crippen LogP contribution in [0.25, 0.3) is 33.3 Å². The van der Waals surface area contributed by atoms with Crippen molar-refractivity contribution in [2.45, 2.75) is 20.4 Å². The standard InChI is InChI=1S/C25H21BN3O/c1-15-7-6-8-16(2)23(15)26-27(3)24-21-17(14-28-11-12-29(26)25(21)28)13-20-22(24)18-9-4-5-10-19(18)30-20/h4-13H,14H2,1-3H3/q+1. The fourth-order valence-electron chi connectivity index (χ4n) is 5.74. The molecule has 144 valence electrons. The Bertz CT molecular complexity index is 1510. The third-order valence-corrected chi connectivity index (χ3v) is 6.99. The van der Waals surface area contributed by atoms with E-state index in [-0.39, 0.29) is 6.98 Å². The van der Waals surface area contributed by atoms with Crippen molar-refractivity contribution in [2.24, 2.45) is 0 Å². The van der Waals surface area contributed by atoms with Gasteiger partial charge >= 0.3 is 6.98 Å². The lowest BCUT2D eigenvalue weighted by molar-refractivity contribution is -0.523. The van der Waals surface area contributed by atoms with Crippen molar-refractivity contribution in [3.05, 3.63) is 77.6 Å². The molecule has 0 radical (unpaired) electrons. The number of rotatable bonds is 1. The van der Waals surface area contributed by atoms with Crippen LogP contribution in [0.3, 0.4) is 0 Å². The van der Waals surface area contributed by atoms with Crippen LogP contribution in [0.5, 0.6) is 0 Å². The summed E-state index contributed by atoms with van der Waals surface area (Å²) in [6.45, 7) is 5.45. The van der Waals surface area contributed by atoms with E-state index in [0.717, 1.165) is 17.7 Å². The molecule has 0 saturated carbocycles. The molecule has 3 aromatic carbocycles. The van der Waals surface area contributed by atoms with Crippen LogP contribution in [0, 0.1) is 13.8 Å². The zero-order chi connectivity index (χ0) is 20.1. The minimum Gasteiger partial charge on any atom is -0.456 e. The third kappa shape index (κ3) is 1.81. The second kappa shape index (κ2) is 5.36. The van der Waals surface area contributed by atoms with E-state index in [1.807, 2.05) is 6.07 Å². The molecule has 2 aliphatic rings. The summed E-state index contributed by atoms with van der Waals surface area (Å²) >= 11 is 0. The van der Waals surface area contributed by atoms with Crippen molar-refractivity contribution >= 4 is 40.1 Å². The smallest absolute Gasteiger partial charge is 0.456 e. The maximum atomic E-state index is 6.31. The highest BCUT2D eigenvalue weighted by Crippen LogP contribution is 2.47. The van der Waals surface area contributed by atoms with Gasteiger partial charge in [0, 0.05) is 16.4 Å². The van der Waals surface area contributed by atoms with Crippen molar-refractivity contribution in [3.63, 3.8) is 0 Å². The Kier molecular flexibility index (Phi) is 2.92. The Hall–Kier alpha value is -3.47. The molecule has 0 atom stereocenters. The number of anilines is 1. The lowest BCUT2D eigenvalue weighted by atomic mass is 9.60. The Balaban J connectivity index is 1.65. The zero-order valence-electron chi connectivity index (χ0n) is 17.3. The summed E-state index contributed by atoms with van der Waals surface area (Å²) in [6.07, 6.45) is 4.46. The van der Waals surface area contributed by atoms with E-state index in [1.54, 1.807) is 0 Å². The van der Waals surface area contributed by atoms with Crippen LogP contribution in [-0.2, 0) is 6.54 Å². The Morgan fingerprint density at radius 1 is 1.00 bits per heavy atom. The maximum absolute atomic E-state index is 6.31. The van der Waals surface area contributed by atoms with Gasteiger partial charge in [-0.3, -0.25) is 4.48 Å². The Morgan fingerprint density at radius 3 is 2.63 bits per heavy atom. The highest BCUT2D eigenvalue weighted by molar-refractivity contribution is 6.71. The highest BCUT2D eigenvalue weighted by atomic mass is 16.3. The molecule has 0 amide bonds. The first kappa shape index (κ1) is 16.3. The fraction of sp³-hybridized carbons (Fsp3) is 0.160. The summed E-state index contributed by atoms with van der Waals surface area (Å²) in [5.41, 5.74) is 9.95. The first-order valence-electron chi connectivity index (χ1n) is 10.5. The van der Waals surface area contributed by atoms with Crippen molar-refractivity contribution < 1.29 is 8.90 Å². The maximum Gasteiger partial charge on any atom is 0.537 e. The van der Waals surface area contributed by atoms with Crippen LogP contribution >= 0.6 is 0 Å². The number of aromatic nitrogens is 2. The Morgan fingerprint density at radius 2 is 1.80 bits per heavy atom. The van der Waals surface area contributed by atoms with Gasteiger partial charge < -0.3 is 9.23 Å². The second-order valence-corrected chi connectivity index (χ2v) is 8.68. The number of para-hydroxylation sites is 1. The normalized spacial score (nSPS) is 14.2. The van der Waals surface area contributed by atoms with Gasteiger partial charge in [-0.15, -0.1) is 0 Å². The molecule has 5 heteroatoms. The predicted molar refractivity (Wildman–Crippen MR) is 122 cm³/mol. The molecular formula is C25H21BN3O+. The molecule has 5 aromatic rings. The first-order valence-corrected chi connectivity index (χ1v) is 10.5. The summed E-state index contributed by atoms with van der Waals surface area (Å²) in [5.74, 6) is 1.30. The van der Waals surface area contributed by atoms with Gasteiger partial charge in [-0.25, -0.2) is 4.57 Å². The van der Waals surface area contributed by atoms with Crippen molar-refractivity contribution in [2.75, 3.05) is 11.9 Å². The van der Waals surface area contributed by atoms with Crippen LogP contribution in [0.1, 0.15) is 16.7 Å². The molecule has 0 spiro atoms. The van der Waals surface area contributed by atoms with Gasteiger partial charge in [0.25, 0.3) is 5.82 Å². The molecule has 4 heterocycles. The van der Waals surface area contributed by atoms with Crippen LogP contribution in [0.4, 0.5) is 5.69 Å². The lowest BCUT2D eigenvalue weighted by Crippen LogP contribution is -2.70. The summed E-state index contributed by atoms with van der Waals surface area (Å²) < 4.78 is 11.1. The molecule has 0 saturated heterocycles. The zero-order valence-corrected chi connectivity index (χ0v) is 17.3. The number of aryl methyl sites for hydroxylation is 2. The fourth-order valence-corrected chi connectivity index (χ4v) is 5.74. The molecule has 30 heavy (non-hydrogen) atoms. The first-order chi connectivity index (χ1) is 14.6. The van der Waals surface area contributed by atoms with Crippen molar-refractivity contribution in [1.82, 2.24) is 4.57 Å². The molecule has 2 aromatic heterocycles. The van der Waals surface area contributed by atoms with Gasteiger partial charge in [-0.2, -0.15) is 0 Å². The molecule has 4 nitrogen and oxygen atoms in total. The number of fused-ring (bicyclic) bond motifs is 4. The molecule has 2 aliphatic heterocycles. The topological polar surface area (TPSA) is 25.2 Å². The molecule has 0 unspecified atom stereocenters. The average Bonchev–Trinajstić information content (AvgIpc) is 3.40. The van der Waals surface area contributed by atoms with Crippen LogP contribution in [0.15, 0.2) is 65.3 Å². The molecule has 0 bridgehead atoms. The summed E-state index contributed by atoms with van der Waals surface area (Å²) in [6, 6.07) is 17.3. The molecule has 0 aliphatic carbocycles. The largest absolute Gasteiger partial charge is 0.537 e. The molecule has 0 N–H and O–H groups in total. The van der Waals surface area contributed by atoms with Gasteiger partial charge in [0.05, 0.1) is 16.6 Å². The lowest BCUT2D eigenvalue weighted by Gasteiger charge is -2.31. The number of imidazole rings is 1. The number of benzene rings is 3. The van der Waals surface area contributed by atoms with Crippen molar-refractivity contribution in [1.29, 1.82) is 0 Å². The molecule has 7 rings (SSSR count). The van der Waals surface area contributed by atoms with Gasteiger partial charge in [0.1, 0.15) is 30.1 Å². The van der Waals surface area contributed by atoms with E-state index in [0.29, 0.717) is 0 Å². The van der Waals surface area contributed by atoms with E-state index in [2.05, 4.69) is 89.6 Å². The number of hydrogen-bond acceptors (Lipinski definition) is 2. The predicted octanol–water partition coefficient (Wildman–Crippen LogP) is 4.01. The van der Waals surface area contributed by atoms with Gasteiger partial charge in [-0.1, -0.05) is 36.4 Å². The minimum absolute atomic E-state index is 0.111. The molecular weight excluding hydrogens is 369 g/mol. The van der Waals surface area contributed by atoms with E-state index < -0.39 is 0 Å². The summed E-state index contributed by atoms with van der Waals surface area (Å²) in [7, 11) is 2.24. The quantitative estimate of drug-likeness (QED) is 0.397. The highest BCUT2D eigenvalue weighted by Gasteiger charge is 2.48. The molecule has 0 fully saturated rings. The number of nitrogens with zero attached hydrogens (tertiary/aromatic N) is 3.